The van der Waals surface area contributed by atoms with Gasteiger partial charge < -0.3 is 62.0 Å². The first-order valence-corrected chi connectivity index (χ1v) is 37.6. The predicted molar refractivity (Wildman–Crippen MR) is 395 cm³/mol. The zero-order chi connectivity index (χ0) is 76.5. The molecule has 0 aromatic heterocycles. The second-order valence-electron chi connectivity index (χ2n) is 28.7. The van der Waals surface area contributed by atoms with Crippen LogP contribution in [0.3, 0.4) is 0 Å². The largest absolute Gasteiger partial charge is 0.461 e. The standard InChI is InChI=1S/C76H129N11O15/c1-13-14-15-16-17-18-19-20-21-22-23-24-25-34-65(91)79-45-41-68(94)86(11)51-69(95)85(10)50-63(89)47-60(74(99)87(12)52-70(96)84(9)49-62(88)46-57(8)72(97)80-43-29-31-54(2)3)32-26-27-42-78-66(92)35-28-36-67(93)83-71(55(4)5)64(90)48-59(33-30-44-81-76(77)101)73(98)82-61-39-37-58(38-40-61)53-102-75(100)56(6)7/h37-40,54-57,59-60,71H,13-36,41-53H2,1-12H3,(H,78,92)(H,79,91)(H,80,97)(H,82,98)(H,83,93)(H3,77,81,101)/t57-,59-,60-,71+/m1/s1. The first kappa shape index (κ1) is 92.2. The number of ketones is 3. The lowest BCUT2D eigenvalue weighted by Gasteiger charge is -2.26. The Morgan fingerprint density at radius 3 is 1.50 bits per heavy atom. The van der Waals surface area contributed by atoms with Gasteiger partial charge in [-0.25, -0.2) is 4.79 Å². The molecule has 0 radical (unpaired) electrons. The maximum absolute atomic E-state index is 14.2. The van der Waals surface area contributed by atoms with Crippen molar-refractivity contribution >= 4 is 88.2 Å². The van der Waals surface area contributed by atoms with Gasteiger partial charge in [0.15, 0.2) is 17.3 Å². The van der Waals surface area contributed by atoms with Crippen LogP contribution in [-0.4, -0.2) is 189 Å². The number of anilines is 1. The van der Waals surface area contributed by atoms with Gasteiger partial charge in [0, 0.05) is 123 Å². The van der Waals surface area contributed by atoms with Crippen LogP contribution in [0.5, 0.6) is 0 Å². The number of Topliss-reactive ketones (excluding diaryl/α,β-unsaturated/α-hetero) is 3. The zero-order valence-corrected chi connectivity index (χ0v) is 64.0. The molecule has 0 bridgehead atoms. The number of benzene rings is 1. The van der Waals surface area contributed by atoms with E-state index in [1.807, 2.05) is 0 Å². The first-order chi connectivity index (χ1) is 48.3. The number of nitrogens with zero attached hydrogens (tertiary/aromatic N) is 4. The molecule has 26 heteroatoms. The molecule has 11 amide bonds. The summed E-state index contributed by atoms with van der Waals surface area (Å²) in [6.07, 6.45) is 18.5. The van der Waals surface area contributed by atoms with Crippen molar-refractivity contribution in [3.63, 3.8) is 0 Å². The van der Waals surface area contributed by atoms with Crippen LogP contribution in [0.2, 0.25) is 0 Å². The molecule has 102 heavy (non-hydrogen) atoms. The molecule has 26 nitrogen and oxygen atoms in total. The number of ether oxygens (including phenoxy) is 1. The molecule has 0 aliphatic rings. The van der Waals surface area contributed by atoms with E-state index in [2.05, 4.69) is 52.7 Å². The Morgan fingerprint density at radius 2 is 0.941 bits per heavy atom. The number of nitrogens with two attached hydrogens (primary N) is 1. The topological polar surface area (TPSA) is 359 Å². The normalized spacial score (nSPS) is 12.3. The molecule has 0 aliphatic carbocycles. The monoisotopic (exact) mass is 1440 g/mol. The molecule has 0 fully saturated rings. The Bertz CT molecular complexity index is 2760. The summed E-state index contributed by atoms with van der Waals surface area (Å²) < 4.78 is 5.29. The van der Waals surface area contributed by atoms with E-state index in [-0.39, 0.29) is 157 Å². The van der Waals surface area contributed by atoms with Gasteiger partial charge in [-0.2, -0.15) is 0 Å². The minimum absolute atomic E-state index is 0.0237. The number of unbranched alkanes of at least 4 members (excludes halogenated alkanes) is 13. The van der Waals surface area contributed by atoms with Crippen LogP contribution in [0.25, 0.3) is 0 Å². The third-order valence-electron chi connectivity index (χ3n) is 17.8. The van der Waals surface area contributed by atoms with Gasteiger partial charge in [-0.1, -0.05) is 151 Å². The summed E-state index contributed by atoms with van der Waals surface area (Å²) in [6.45, 7) is 14.6. The molecule has 4 atom stereocenters. The summed E-state index contributed by atoms with van der Waals surface area (Å²) in [5, 5.41) is 16.6. The van der Waals surface area contributed by atoms with Crippen molar-refractivity contribution in [3.05, 3.63) is 29.8 Å². The fourth-order valence-corrected chi connectivity index (χ4v) is 11.4. The molecule has 0 saturated heterocycles. The second-order valence-corrected chi connectivity index (χ2v) is 28.7. The minimum Gasteiger partial charge on any atom is -0.461 e. The summed E-state index contributed by atoms with van der Waals surface area (Å²) in [6, 6.07) is 5.00. The van der Waals surface area contributed by atoms with Gasteiger partial charge in [-0.05, 0) is 80.9 Å². The van der Waals surface area contributed by atoms with Crippen LogP contribution >= 0.6 is 0 Å². The van der Waals surface area contributed by atoms with E-state index in [0.717, 1.165) is 38.5 Å². The SMILES string of the molecule is CCCCCCCCCCCCCCCC(=O)NCCC(=O)N(C)CC(=O)N(C)CC(=O)C[C@@H](CCCCNC(=O)CCCC(=O)N[C@H](C(=O)C[C@@H](CCCNC(N)=O)C(=O)Nc1ccc(COC(=O)C(C)C)cc1)C(C)C)C(=O)N(C)CC(=O)N(C)CC(=O)C[C@@H](C)C(=O)NCCCC(C)C. The van der Waals surface area contributed by atoms with Crippen LogP contribution in [0.1, 0.15) is 241 Å². The van der Waals surface area contributed by atoms with Crippen LogP contribution in [0.15, 0.2) is 24.3 Å². The molecule has 8 N–H and O–H groups in total. The maximum Gasteiger partial charge on any atom is 0.312 e. The van der Waals surface area contributed by atoms with Crippen LogP contribution < -0.4 is 37.6 Å². The summed E-state index contributed by atoms with van der Waals surface area (Å²) in [5.41, 5.74) is 6.38. The number of amides is 11. The molecular formula is C76H129N11O15. The van der Waals surface area contributed by atoms with E-state index in [1.165, 1.54) is 106 Å². The van der Waals surface area contributed by atoms with Gasteiger partial charge in [0.1, 0.15) is 6.61 Å². The van der Waals surface area contributed by atoms with Gasteiger partial charge in [0.05, 0.1) is 38.1 Å². The number of carbonyl (C=O) groups is 14. The van der Waals surface area contributed by atoms with Crippen molar-refractivity contribution in [1.82, 2.24) is 46.2 Å². The van der Waals surface area contributed by atoms with Gasteiger partial charge >= 0.3 is 12.0 Å². The van der Waals surface area contributed by atoms with Gasteiger partial charge in [-0.3, -0.25) is 62.3 Å². The number of hydrogen-bond acceptors (Lipinski definition) is 15. The third-order valence-corrected chi connectivity index (χ3v) is 17.8. The number of likely N-dealkylation sites (N-methyl/N-ethyl adjacent to an activating group) is 4. The smallest absolute Gasteiger partial charge is 0.312 e. The molecule has 1 aromatic carbocycles. The highest BCUT2D eigenvalue weighted by Gasteiger charge is 2.31. The number of esters is 1. The molecule has 1 aromatic rings. The van der Waals surface area contributed by atoms with Gasteiger partial charge in [0.25, 0.3) is 0 Å². The summed E-state index contributed by atoms with van der Waals surface area (Å²) in [5.74, 6) is -7.81. The quantitative estimate of drug-likeness (QED) is 0.0237. The Kier molecular flexibility index (Phi) is 48.8. The molecule has 578 valence electrons. The van der Waals surface area contributed by atoms with E-state index in [4.69, 9.17) is 10.5 Å². The fourth-order valence-electron chi connectivity index (χ4n) is 11.4. The van der Waals surface area contributed by atoms with Crippen molar-refractivity contribution in [2.24, 2.45) is 41.2 Å². The highest BCUT2D eigenvalue weighted by atomic mass is 16.5. The second kappa shape index (κ2) is 53.9. The predicted octanol–water partition coefficient (Wildman–Crippen LogP) is 8.49. The molecule has 0 heterocycles. The lowest BCUT2D eigenvalue weighted by Crippen LogP contribution is -2.45. The summed E-state index contributed by atoms with van der Waals surface area (Å²) >= 11 is 0. The average Bonchev–Trinajstić information content (AvgIpc) is 0.874. The number of hydrogen-bond donors (Lipinski definition) is 7. The summed E-state index contributed by atoms with van der Waals surface area (Å²) in [4.78, 5) is 188. The zero-order valence-electron chi connectivity index (χ0n) is 64.0. The van der Waals surface area contributed by atoms with Crippen molar-refractivity contribution in [2.75, 3.05) is 85.9 Å². The van der Waals surface area contributed by atoms with Crippen LogP contribution in [0, 0.1) is 35.5 Å². The van der Waals surface area contributed by atoms with E-state index in [0.29, 0.717) is 49.4 Å². The number of rotatable bonds is 58. The molecule has 0 aliphatic heterocycles. The lowest BCUT2D eigenvalue weighted by molar-refractivity contribution is -0.148. The fraction of sp³-hybridized carbons (Fsp3) is 0.737. The Balaban J connectivity index is 2.93. The molecule has 1 rings (SSSR count). The highest BCUT2D eigenvalue weighted by Crippen LogP contribution is 2.22. The number of nitrogens with one attached hydrogen (secondary N) is 6. The lowest BCUT2D eigenvalue weighted by atomic mass is 9.89. The molecular weight excluding hydrogens is 1310 g/mol. The number of primary amides is 1. The molecule has 0 saturated carbocycles. The number of carbonyl (C=O) groups excluding carboxylic acids is 14. The minimum atomic E-state index is -0.960. The molecule has 0 unspecified atom stereocenters. The van der Waals surface area contributed by atoms with Crippen LogP contribution in [0.4, 0.5) is 10.5 Å². The van der Waals surface area contributed by atoms with E-state index in [1.54, 1.807) is 58.9 Å². The van der Waals surface area contributed by atoms with Crippen molar-refractivity contribution in [1.29, 1.82) is 0 Å². The van der Waals surface area contributed by atoms with Gasteiger partial charge in [0.2, 0.25) is 53.2 Å². The van der Waals surface area contributed by atoms with E-state index < -0.39 is 71.7 Å². The maximum atomic E-state index is 14.2. The number of urea groups is 1. The van der Waals surface area contributed by atoms with E-state index in [9.17, 15) is 67.1 Å². The van der Waals surface area contributed by atoms with Crippen molar-refractivity contribution in [3.8, 4) is 0 Å². The summed E-state index contributed by atoms with van der Waals surface area (Å²) in [7, 11) is 5.70. The van der Waals surface area contributed by atoms with Crippen LogP contribution in [-0.2, 0) is 73.7 Å². The Morgan fingerprint density at radius 1 is 0.451 bits per heavy atom. The third kappa shape index (κ3) is 43.9. The average molecular weight is 1440 g/mol. The Hall–Kier alpha value is -7.80. The highest BCUT2D eigenvalue weighted by molar-refractivity contribution is 5.98. The van der Waals surface area contributed by atoms with Crippen molar-refractivity contribution in [2.45, 2.75) is 248 Å². The first-order valence-electron chi connectivity index (χ1n) is 37.6. The molecule has 0 spiro atoms. The van der Waals surface area contributed by atoms with E-state index >= 15 is 0 Å². The Labute approximate surface area is 608 Å². The van der Waals surface area contributed by atoms with Gasteiger partial charge in [-0.15, -0.1) is 0 Å². The van der Waals surface area contributed by atoms with Crippen molar-refractivity contribution < 1.29 is 71.9 Å².